The molecular weight excluding hydrogens is 390 g/mol. The first-order valence-electron chi connectivity index (χ1n) is 10.7. The molecule has 160 valence electrons. The molecule has 4 heterocycles. The summed E-state index contributed by atoms with van der Waals surface area (Å²) in [7, 11) is 0. The van der Waals surface area contributed by atoms with Crippen molar-refractivity contribution in [3.63, 3.8) is 0 Å². The number of benzene rings is 1. The van der Waals surface area contributed by atoms with E-state index in [0.717, 1.165) is 54.6 Å². The first kappa shape index (κ1) is 19.7. The van der Waals surface area contributed by atoms with Crippen LogP contribution in [0.25, 0.3) is 16.9 Å². The summed E-state index contributed by atoms with van der Waals surface area (Å²) in [6.45, 7) is 6.95. The third-order valence-corrected chi connectivity index (χ3v) is 5.80. The minimum atomic E-state index is 0.401. The summed E-state index contributed by atoms with van der Waals surface area (Å²) in [5.74, 6) is 2.01. The molecule has 5 rings (SSSR count). The lowest BCUT2D eigenvalue weighted by atomic mass is 10.00. The standard InChI is InChI=1S/C23H27N7O/c1-16-2-4-17(5-3-16)20-12-22-27-21(26-7-6-19(24)18-14-25-15-18)13-23(30(22)28-20)29-8-10-31-11-9-29/h2-7,12-13,18,25H,8-11,14-15,24H2,1H3. The van der Waals surface area contributed by atoms with Crippen molar-refractivity contribution in [2.24, 2.45) is 16.6 Å². The van der Waals surface area contributed by atoms with Gasteiger partial charge in [-0.25, -0.2) is 9.98 Å². The number of rotatable bonds is 5. The molecule has 3 aromatic rings. The summed E-state index contributed by atoms with van der Waals surface area (Å²) in [6.07, 6.45) is 3.62. The second kappa shape index (κ2) is 8.49. The summed E-state index contributed by atoms with van der Waals surface area (Å²) < 4.78 is 7.44. The van der Waals surface area contributed by atoms with Gasteiger partial charge in [0.1, 0.15) is 5.82 Å². The molecule has 0 aliphatic carbocycles. The van der Waals surface area contributed by atoms with Crippen molar-refractivity contribution in [3.8, 4) is 11.3 Å². The molecule has 0 bridgehead atoms. The molecule has 8 nitrogen and oxygen atoms in total. The zero-order valence-corrected chi connectivity index (χ0v) is 17.7. The van der Waals surface area contributed by atoms with E-state index in [1.165, 1.54) is 5.56 Å². The number of aryl methyl sites for hydroxylation is 1. The van der Waals surface area contributed by atoms with E-state index in [2.05, 4.69) is 46.4 Å². The van der Waals surface area contributed by atoms with Crippen LogP contribution in [0.1, 0.15) is 5.56 Å². The van der Waals surface area contributed by atoms with Crippen LogP contribution < -0.4 is 16.0 Å². The highest BCUT2D eigenvalue weighted by atomic mass is 16.5. The molecule has 2 saturated heterocycles. The Kier molecular flexibility index (Phi) is 5.40. The average Bonchev–Trinajstić information content (AvgIpc) is 3.17. The smallest absolute Gasteiger partial charge is 0.160 e. The van der Waals surface area contributed by atoms with Crippen molar-refractivity contribution in [2.45, 2.75) is 6.92 Å². The number of nitrogens with two attached hydrogens (primary N) is 1. The average molecular weight is 418 g/mol. The second-order valence-corrected chi connectivity index (χ2v) is 8.04. The van der Waals surface area contributed by atoms with Crippen molar-refractivity contribution in [2.75, 3.05) is 44.3 Å². The lowest BCUT2D eigenvalue weighted by Gasteiger charge is -2.28. The van der Waals surface area contributed by atoms with Crippen molar-refractivity contribution in [1.29, 1.82) is 0 Å². The van der Waals surface area contributed by atoms with Crippen LogP contribution in [0.4, 0.5) is 11.6 Å². The maximum absolute atomic E-state index is 6.13. The zero-order valence-electron chi connectivity index (χ0n) is 17.7. The Bertz CT molecular complexity index is 1120. The zero-order chi connectivity index (χ0) is 21.2. The van der Waals surface area contributed by atoms with E-state index in [0.29, 0.717) is 24.9 Å². The Hall–Kier alpha value is -3.23. The van der Waals surface area contributed by atoms with Crippen LogP contribution >= 0.6 is 0 Å². The molecule has 0 amide bonds. The van der Waals surface area contributed by atoms with E-state index in [1.807, 2.05) is 22.7 Å². The number of nitrogens with one attached hydrogen (secondary N) is 1. The largest absolute Gasteiger partial charge is 0.402 e. The highest BCUT2D eigenvalue weighted by molar-refractivity contribution is 5.76. The summed E-state index contributed by atoms with van der Waals surface area (Å²) in [5, 5.41) is 8.09. The highest BCUT2D eigenvalue weighted by Crippen LogP contribution is 2.27. The summed E-state index contributed by atoms with van der Waals surface area (Å²) in [5.41, 5.74) is 10.9. The van der Waals surface area contributed by atoms with Gasteiger partial charge in [-0.15, -0.1) is 0 Å². The monoisotopic (exact) mass is 417 g/mol. The number of anilines is 1. The van der Waals surface area contributed by atoms with Crippen LogP contribution in [0.3, 0.4) is 0 Å². The summed E-state index contributed by atoms with van der Waals surface area (Å²) in [4.78, 5) is 11.6. The van der Waals surface area contributed by atoms with E-state index >= 15 is 0 Å². The number of morpholine rings is 1. The molecule has 0 radical (unpaired) electrons. The van der Waals surface area contributed by atoms with E-state index < -0.39 is 0 Å². The van der Waals surface area contributed by atoms with Crippen LogP contribution in [-0.2, 0) is 4.74 Å². The molecule has 8 heteroatoms. The summed E-state index contributed by atoms with van der Waals surface area (Å²) in [6, 6.07) is 12.4. The van der Waals surface area contributed by atoms with Crippen LogP contribution in [0, 0.1) is 12.8 Å². The number of nitrogens with zero attached hydrogens (tertiary/aromatic N) is 5. The number of aromatic nitrogens is 3. The van der Waals surface area contributed by atoms with Crippen molar-refractivity contribution in [3.05, 3.63) is 53.7 Å². The number of hydrogen-bond acceptors (Lipinski definition) is 7. The molecule has 2 aliphatic rings. The highest BCUT2D eigenvalue weighted by Gasteiger charge is 2.19. The quantitative estimate of drug-likeness (QED) is 0.619. The van der Waals surface area contributed by atoms with Crippen molar-refractivity contribution in [1.82, 2.24) is 19.9 Å². The van der Waals surface area contributed by atoms with Gasteiger partial charge < -0.3 is 20.7 Å². The van der Waals surface area contributed by atoms with Crippen LogP contribution in [-0.4, -0.2) is 60.2 Å². The predicted octanol–water partition coefficient (Wildman–Crippen LogP) is 2.31. The Morgan fingerprint density at radius 1 is 1.19 bits per heavy atom. The predicted molar refractivity (Wildman–Crippen MR) is 123 cm³/mol. The fraction of sp³-hybridized carbons (Fsp3) is 0.348. The Labute approximate surface area is 181 Å². The number of aliphatic imine (C=N–C) groups is 1. The SMILES string of the molecule is Cc1ccc(-c2cc3nc(N=CC=C(N)C4CNC4)cc(N4CCOCC4)n3n2)cc1. The van der Waals surface area contributed by atoms with Gasteiger partial charge in [0, 0.05) is 61.7 Å². The third-order valence-electron chi connectivity index (χ3n) is 5.80. The molecule has 3 N–H and O–H groups in total. The van der Waals surface area contributed by atoms with Gasteiger partial charge in [0.05, 0.1) is 18.9 Å². The molecule has 2 aromatic heterocycles. The Morgan fingerprint density at radius 2 is 1.97 bits per heavy atom. The molecule has 0 spiro atoms. The number of allylic oxidation sites excluding steroid dienone is 1. The molecular formula is C23H27N7O. The molecule has 31 heavy (non-hydrogen) atoms. The topological polar surface area (TPSA) is 93.1 Å². The Morgan fingerprint density at radius 3 is 2.68 bits per heavy atom. The molecule has 0 unspecified atom stereocenters. The summed E-state index contributed by atoms with van der Waals surface area (Å²) >= 11 is 0. The van der Waals surface area contributed by atoms with Gasteiger partial charge in [-0.1, -0.05) is 29.8 Å². The van der Waals surface area contributed by atoms with Crippen LogP contribution in [0.5, 0.6) is 0 Å². The number of fused-ring (bicyclic) bond motifs is 1. The van der Waals surface area contributed by atoms with Crippen molar-refractivity contribution >= 4 is 23.5 Å². The van der Waals surface area contributed by atoms with Gasteiger partial charge in [-0.3, -0.25) is 0 Å². The fourth-order valence-electron chi connectivity index (χ4n) is 3.76. The number of hydrogen-bond donors (Lipinski definition) is 2. The van der Waals surface area contributed by atoms with Crippen LogP contribution in [0.2, 0.25) is 0 Å². The van der Waals surface area contributed by atoms with E-state index in [-0.39, 0.29) is 0 Å². The maximum Gasteiger partial charge on any atom is 0.160 e. The van der Waals surface area contributed by atoms with E-state index in [4.69, 9.17) is 20.6 Å². The Balaban J connectivity index is 1.52. The van der Waals surface area contributed by atoms with Gasteiger partial charge in [0.25, 0.3) is 0 Å². The van der Waals surface area contributed by atoms with Crippen LogP contribution in [0.15, 0.2) is 53.2 Å². The first-order valence-corrected chi connectivity index (χ1v) is 10.7. The van der Waals surface area contributed by atoms with E-state index in [9.17, 15) is 0 Å². The molecule has 0 saturated carbocycles. The van der Waals surface area contributed by atoms with E-state index in [1.54, 1.807) is 6.21 Å². The lowest BCUT2D eigenvalue weighted by Crippen LogP contribution is -2.44. The second-order valence-electron chi connectivity index (χ2n) is 8.04. The number of ether oxygens (including phenoxy) is 1. The third kappa shape index (κ3) is 4.17. The normalized spacial score (nSPS) is 18.1. The van der Waals surface area contributed by atoms with Crippen molar-refractivity contribution < 1.29 is 4.74 Å². The van der Waals surface area contributed by atoms with Gasteiger partial charge in [0.2, 0.25) is 0 Å². The van der Waals surface area contributed by atoms with Gasteiger partial charge in [-0.2, -0.15) is 9.61 Å². The molecule has 2 aliphatic heterocycles. The van der Waals surface area contributed by atoms with Gasteiger partial charge in [-0.05, 0) is 13.0 Å². The van der Waals surface area contributed by atoms with Gasteiger partial charge in [0.15, 0.2) is 11.5 Å². The minimum absolute atomic E-state index is 0.401. The lowest BCUT2D eigenvalue weighted by molar-refractivity contribution is 0.122. The minimum Gasteiger partial charge on any atom is -0.402 e. The van der Waals surface area contributed by atoms with Gasteiger partial charge >= 0.3 is 0 Å². The molecule has 0 atom stereocenters. The molecule has 2 fully saturated rings. The molecule has 1 aromatic carbocycles. The fourth-order valence-corrected chi connectivity index (χ4v) is 3.76. The maximum atomic E-state index is 6.13. The first-order chi connectivity index (χ1) is 15.2.